The Morgan fingerprint density at radius 1 is 1.25 bits per heavy atom. The minimum atomic E-state index is 0.386. The molecule has 0 saturated carbocycles. The Morgan fingerprint density at radius 2 is 2.07 bits per heavy atom. The van der Waals surface area contributed by atoms with E-state index in [4.69, 9.17) is 4.98 Å². The van der Waals surface area contributed by atoms with E-state index in [1.165, 1.54) is 59.5 Å². The highest BCUT2D eigenvalue weighted by Crippen LogP contribution is 2.45. The molecule has 0 N–H and O–H groups in total. The first-order valence-electron chi connectivity index (χ1n) is 10.3. The van der Waals surface area contributed by atoms with E-state index >= 15 is 0 Å². The summed E-state index contributed by atoms with van der Waals surface area (Å²) in [6, 6.07) is 11.4. The first-order valence-corrected chi connectivity index (χ1v) is 12.0. The third-order valence-corrected chi connectivity index (χ3v) is 7.34. The highest BCUT2D eigenvalue weighted by molar-refractivity contribution is 7.96. The van der Waals surface area contributed by atoms with Gasteiger partial charge in [0.05, 0.1) is 5.69 Å². The van der Waals surface area contributed by atoms with Gasteiger partial charge in [-0.1, -0.05) is 53.6 Å². The van der Waals surface area contributed by atoms with Crippen LogP contribution >= 0.6 is 20.8 Å². The zero-order chi connectivity index (χ0) is 19.5. The van der Waals surface area contributed by atoms with Gasteiger partial charge in [0.25, 0.3) is 0 Å². The summed E-state index contributed by atoms with van der Waals surface area (Å²) in [6.45, 7) is 4.54. The summed E-state index contributed by atoms with van der Waals surface area (Å²) in [5.74, 6) is 3.11. The Kier molecular flexibility index (Phi) is 6.35. The number of piperidine rings is 1. The first kappa shape index (κ1) is 19.9. The molecule has 1 aromatic carbocycles. The molecule has 2 aromatic rings. The molecular weight excluding hydrogens is 379 g/mol. The minimum absolute atomic E-state index is 0.386. The second kappa shape index (κ2) is 8.95. The Hall–Kier alpha value is -1.41. The smallest absolute Gasteiger partial charge is 0.0556 e. The van der Waals surface area contributed by atoms with Crippen molar-refractivity contribution in [1.29, 1.82) is 0 Å². The lowest BCUT2D eigenvalue weighted by Crippen LogP contribution is -2.32. The minimum Gasteiger partial charge on any atom is -0.260 e. The van der Waals surface area contributed by atoms with Gasteiger partial charge >= 0.3 is 0 Å². The largest absolute Gasteiger partial charge is 0.260 e. The average molecular weight is 409 g/mol. The van der Waals surface area contributed by atoms with Gasteiger partial charge in [0, 0.05) is 25.2 Å². The van der Waals surface area contributed by atoms with Crippen molar-refractivity contribution in [1.82, 2.24) is 9.29 Å². The zero-order valence-electron chi connectivity index (χ0n) is 16.8. The highest BCUT2D eigenvalue weighted by Gasteiger charge is 2.34. The van der Waals surface area contributed by atoms with E-state index in [9.17, 15) is 0 Å². The molecule has 0 spiro atoms. The fraction of sp³-hybridized carbons (Fsp3) is 0.417. The quantitative estimate of drug-likeness (QED) is 0.440. The molecule has 1 fully saturated rings. The van der Waals surface area contributed by atoms with E-state index < -0.39 is 0 Å². The number of fused-ring (bicyclic) bond motifs is 2. The molecule has 28 heavy (non-hydrogen) atoms. The van der Waals surface area contributed by atoms with Gasteiger partial charge in [-0.15, -0.1) is 8.86 Å². The first-order chi connectivity index (χ1) is 13.7. The maximum atomic E-state index is 4.97. The monoisotopic (exact) mass is 408 g/mol. The lowest BCUT2D eigenvalue weighted by Gasteiger charge is -2.35. The molecule has 0 amide bonds. The number of aromatic nitrogens is 1. The summed E-state index contributed by atoms with van der Waals surface area (Å²) >= 11 is 1.88. The lowest BCUT2D eigenvalue weighted by atomic mass is 9.76. The van der Waals surface area contributed by atoms with Crippen molar-refractivity contribution in [2.75, 3.05) is 19.3 Å². The predicted octanol–water partition coefficient (Wildman–Crippen LogP) is 6.09. The highest BCUT2D eigenvalue weighted by atomic mass is 32.2. The molecule has 4 heteroatoms. The van der Waals surface area contributed by atoms with Crippen molar-refractivity contribution in [3.05, 3.63) is 64.5 Å². The van der Waals surface area contributed by atoms with Crippen molar-refractivity contribution in [3.63, 3.8) is 0 Å². The molecule has 4 rings (SSSR count). The molecule has 2 nitrogen and oxygen atoms in total. The van der Waals surface area contributed by atoms with Crippen molar-refractivity contribution < 1.29 is 0 Å². The number of rotatable bonds is 5. The van der Waals surface area contributed by atoms with Gasteiger partial charge in [-0.05, 0) is 73.1 Å². The van der Waals surface area contributed by atoms with Gasteiger partial charge in [0.2, 0.25) is 0 Å². The van der Waals surface area contributed by atoms with Crippen molar-refractivity contribution in [2.24, 2.45) is 5.92 Å². The molecule has 1 aliphatic carbocycles. The average Bonchev–Trinajstić information content (AvgIpc) is 2.86. The van der Waals surface area contributed by atoms with Gasteiger partial charge in [-0.25, -0.2) is 0 Å². The predicted molar refractivity (Wildman–Crippen MR) is 127 cm³/mol. The molecule has 2 aliphatic rings. The fourth-order valence-corrected chi connectivity index (χ4v) is 5.48. The molecule has 1 aromatic heterocycles. The second-order valence-corrected chi connectivity index (χ2v) is 9.20. The van der Waals surface area contributed by atoms with E-state index in [1.54, 1.807) is 0 Å². The molecule has 1 unspecified atom stereocenters. The van der Waals surface area contributed by atoms with Crippen molar-refractivity contribution in [3.8, 4) is 0 Å². The normalized spacial score (nSPS) is 20.1. The Bertz CT molecular complexity index is 884. The number of hydrogen-bond donors (Lipinski definition) is 0. The van der Waals surface area contributed by atoms with Crippen LogP contribution < -0.4 is 0 Å². The van der Waals surface area contributed by atoms with E-state index in [2.05, 4.69) is 68.6 Å². The molecule has 1 aliphatic heterocycles. The summed E-state index contributed by atoms with van der Waals surface area (Å²) in [4.78, 5) is 4.97. The lowest BCUT2D eigenvalue weighted by molar-refractivity contribution is 0.270. The van der Waals surface area contributed by atoms with Crippen molar-refractivity contribution in [2.45, 2.75) is 38.5 Å². The van der Waals surface area contributed by atoms with Crippen molar-refractivity contribution >= 4 is 38.3 Å². The molecular formula is C24H29N2PS. The molecule has 0 radical (unpaired) electrons. The Labute approximate surface area is 175 Å². The van der Waals surface area contributed by atoms with Gasteiger partial charge in [-0.3, -0.25) is 9.29 Å². The molecule has 1 atom stereocenters. The number of nitrogens with zero attached hydrogens (tertiary/aromatic N) is 2. The van der Waals surface area contributed by atoms with Crippen LogP contribution in [0.2, 0.25) is 0 Å². The van der Waals surface area contributed by atoms with E-state index in [0.29, 0.717) is 11.8 Å². The Morgan fingerprint density at radius 3 is 2.82 bits per heavy atom. The van der Waals surface area contributed by atoms with Gasteiger partial charge in [0.15, 0.2) is 0 Å². The summed E-state index contributed by atoms with van der Waals surface area (Å²) in [6.07, 6.45) is 11.1. The number of allylic oxidation sites excluding steroid dienone is 1. The summed E-state index contributed by atoms with van der Waals surface area (Å²) in [5, 5.41) is 0. The van der Waals surface area contributed by atoms with Crippen LogP contribution in [0.4, 0.5) is 0 Å². The molecule has 146 valence electrons. The third kappa shape index (κ3) is 3.99. The number of benzene rings is 1. The van der Waals surface area contributed by atoms with Gasteiger partial charge < -0.3 is 0 Å². The van der Waals surface area contributed by atoms with E-state index in [-0.39, 0.29) is 0 Å². The Balaban J connectivity index is 1.82. The van der Waals surface area contributed by atoms with Crippen LogP contribution in [-0.2, 0) is 0 Å². The topological polar surface area (TPSA) is 16.1 Å². The van der Waals surface area contributed by atoms with Crippen LogP contribution in [0.3, 0.4) is 0 Å². The van der Waals surface area contributed by atoms with E-state index in [0.717, 1.165) is 12.8 Å². The third-order valence-electron chi connectivity index (χ3n) is 6.17. The summed E-state index contributed by atoms with van der Waals surface area (Å²) < 4.78 is 2.50. The SMILES string of the molecule is CSN1CCC(C2c3ccc(C)cc3C=C(CCC=P)c3cccnc32)CC1. The van der Waals surface area contributed by atoms with Crippen LogP contribution in [0.15, 0.2) is 36.5 Å². The maximum Gasteiger partial charge on any atom is 0.0556 e. The molecule has 0 bridgehead atoms. The van der Waals surface area contributed by atoms with Crippen LogP contribution in [0, 0.1) is 12.8 Å². The standard InChI is InChI=1S/C24H29N2PS/c1-17-7-8-21-20(15-17)16-19(5-4-14-27)22-6-3-11-25-24(22)23(21)18-9-12-26(28-2)13-10-18/h3,6-8,11,14-16,18,23,27H,4-5,9-10,12-13H2,1-2H3. The fourth-order valence-electron chi connectivity index (χ4n) is 4.76. The van der Waals surface area contributed by atoms with Gasteiger partial charge in [0.1, 0.15) is 0 Å². The second-order valence-electron chi connectivity index (χ2n) is 7.91. The van der Waals surface area contributed by atoms with Gasteiger partial charge in [-0.2, -0.15) is 0 Å². The summed E-state index contributed by atoms with van der Waals surface area (Å²) in [7, 11) is 3.54. The van der Waals surface area contributed by atoms with Crippen LogP contribution in [0.1, 0.15) is 59.5 Å². The van der Waals surface area contributed by atoms with Crippen LogP contribution in [-0.4, -0.2) is 34.4 Å². The number of aryl methyl sites for hydroxylation is 1. The number of pyridine rings is 1. The van der Waals surface area contributed by atoms with Crippen LogP contribution in [0.5, 0.6) is 0 Å². The van der Waals surface area contributed by atoms with E-state index in [1.807, 2.05) is 18.1 Å². The maximum absolute atomic E-state index is 4.97. The van der Waals surface area contributed by atoms with Crippen LogP contribution in [0.25, 0.3) is 11.6 Å². The zero-order valence-corrected chi connectivity index (χ0v) is 18.6. The number of hydrogen-bond acceptors (Lipinski definition) is 3. The summed E-state index contributed by atoms with van der Waals surface area (Å²) in [5.41, 5.74) is 8.23. The molecule has 2 heterocycles. The molecule has 1 saturated heterocycles.